The van der Waals surface area contributed by atoms with Gasteiger partial charge >= 0.3 is 5.97 Å². The number of rotatable bonds is 6. The summed E-state index contributed by atoms with van der Waals surface area (Å²) in [6.07, 6.45) is -0.640. The topological polar surface area (TPSA) is 155 Å². The van der Waals surface area contributed by atoms with Crippen molar-refractivity contribution in [2.24, 2.45) is 0 Å². The first-order valence-corrected chi connectivity index (χ1v) is 8.90. The summed E-state index contributed by atoms with van der Waals surface area (Å²) in [5.74, 6) is -0.0794. The molecule has 0 bridgehead atoms. The Morgan fingerprint density at radius 2 is 2.17 bits per heavy atom. The minimum Gasteiger partial charge on any atom is -0.482 e. The average Bonchev–Trinajstić information content (AvgIpc) is 3.29. The Bertz CT molecular complexity index is 1070. The summed E-state index contributed by atoms with van der Waals surface area (Å²) in [6.45, 7) is -0.397. The first-order chi connectivity index (χ1) is 14.0. The van der Waals surface area contributed by atoms with Crippen molar-refractivity contribution in [2.75, 3.05) is 18.9 Å². The van der Waals surface area contributed by atoms with E-state index >= 15 is 0 Å². The molecule has 1 saturated heterocycles. The molecule has 3 atom stereocenters. The summed E-state index contributed by atoms with van der Waals surface area (Å²) < 4.78 is 17.8. The number of esters is 1. The highest BCUT2D eigenvalue weighted by molar-refractivity contribution is 5.71. The molecular weight excluding hydrogens is 382 g/mol. The number of H-pyrrole nitrogens is 1. The SMILES string of the molecule is Nc1nc2c(ncn2[C@H]2C[C@H](O)[C@@H](COC(=O)COc3ccccc3)O2)c(=O)[nH]1. The van der Waals surface area contributed by atoms with Crippen molar-refractivity contribution < 1.29 is 24.1 Å². The number of imidazole rings is 1. The lowest BCUT2D eigenvalue weighted by atomic mass is 10.2. The van der Waals surface area contributed by atoms with Gasteiger partial charge in [-0.15, -0.1) is 0 Å². The molecule has 1 aromatic carbocycles. The fourth-order valence-corrected chi connectivity index (χ4v) is 3.07. The number of carbonyl (C=O) groups is 1. The summed E-state index contributed by atoms with van der Waals surface area (Å²) in [7, 11) is 0. The second kappa shape index (κ2) is 7.89. The molecule has 29 heavy (non-hydrogen) atoms. The van der Waals surface area contributed by atoms with Crippen LogP contribution < -0.4 is 16.0 Å². The van der Waals surface area contributed by atoms with Crippen LogP contribution in [0.2, 0.25) is 0 Å². The van der Waals surface area contributed by atoms with Crippen LogP contribution in [0.4, 0.5) is 5.95 Å². The van der Waals surface area contributed by atoms with Gasteiger partial charge in [0.1, 0.15) is 24.7 Å². The Kier molecular flexibility index (Phi) is 5.14. The van der Waals surface area contributed by atoms with Gasteiger partial charge in [-0.2, -0.15) is 4.98 Å². The van der Waals surface area contributed by atoms with Crippen molar-refractivity contribution in [3.05, 3.63) is 47.0 Å². The molecule has 11 heteroatoms. The van der Waals surface area contributed by atoms with Crippen LogP contribution in [-0.2, 0) is 14.3 Å². The number of ether oxygens (including phenoxy) is 3. The van der Waals surface area contributed by atoms with E-state index < -0.39 is 30.0 Å². The number of aromatic amines is 1. The molecule has 1 aliphatic heterocycles. The summed E-state index contributed by atoms with van der Waals surface area (Å²) in [6, 6.07) is 8.87. The van der Waals surface area contributed by atoms with E-state index in [0.29, 0.717) is 5.75 Å². The van der Waals surface area contributed by atoms with Crippen molar-refractivity contribution in [3.8, 4) is 5.75 Å². The van der Waals surface area contributed by atoms with E-state index in [9.17, 15) is 14.7 Å². The number of hydrogen-bond acceptors (Lipinski definition) is 9. The lowest BCUT2D eigenvalue weighted by molar-refractivity contribution is -0.152. The number of para-hydroxylation sites is 1. The van der Waals surface area contributed by atoms with Gasteiger partial charge in [0, 0.05) is 6.42 Å². The third-order valence-electron chi connectivity index (χ3n) is 4.47. The predicted molar refractivity (Wildman–Crippen MR) is 100.0 cm³/mol. The number of nitrogens with zero attached hydrogens (tertiary/aromatic N) is 3. The molecule has 0 spiro atoms. The van der Waals surface area contributed by atoms with Crippen LogP contribution >= 0.6 is 0 Å². The van der Waals surface area contributed by atoms with Crippen LogP contribution in [0, 0.1) is 0 Å². The number of nitrogens with one attached hydrogen (secondary N) is 1. The monoisotopic (exact) mass is 401 g/mol. The normalized spacial score (nSPS) is 21.3. The average molecular weight is 401 g/mol. The lowest BCUT2D eigenvalue weighted by Gasteiger charge is -2.16. The fourth-order valence-electron chi connectivity index (χ4n) is 3.07. The van der Waals surface area contributed by atoms with E-state index in [1.165, 1.54) is 10.9 Å². The molecule has 4 rings (SSSR count). The van der Waals surface area contributed by atoms with Crippen LogP contribution in [0.15, 0.2) is 41.5 Å². The number of aromatic nitrogens is 4. The maximum Gasteiger partial charge on any atom is 0.344 e. The second-order valence-electron chi connectivity index (χ2n) is 6.49. The second-order valence-corrected chi connectivity index (χ2v) is 6.49. The highest BCUT2D eigenvalue weighted by atomic mass is 16.6. The summed E-state index contributed by atoms with van der Waals surface area (Å²) in [4.78, 5) is 34.2. The maximum absolute atomic E-state index is 11.9. The molecule has 152 valence electrons. The molecular formula is C18H19N5O6. The minimum absolute atomic E-state index is 0.0494. The Hall–Kier alpha value is -3.44. The molecule has 11 nitrogen and oxygen atoms in total. The molecule has 1 fully saturated rings. The van der Waals surface area contributed by atoms with Crippen molar-refractivity contribution in [3.63, 3.8) is 0 Å². The van der Waals surface area contributed by atoms with Gasteiger partial charge in [-0.05, 0) is 12.1 Å². The number of benzene rings is 1. The standard InChI is InChI=1S/C18H19N5O6/c19-18-21-16-15(17(26)22-18)20-9-23(16)13-6-11(24)12(29-13)7-28-14(25)8-27-10-4-2-1-3-5-10/h1-5,9,11-13,24H,6-8H2,(H3,19,21,22,26)/t11-,12+,13+/m0/s1. The van der Waals surface area contributed by atoms with Gasteiger partial charge in [0.25, 0.3) is 5.56 Å². The fraction of sp³-hybridized carbons (Fsp3) is 0.333. The van der Waals surface area contributed by atoms with Crippen LogP contribution in [0.1, 0.15) is 12.6 Å². The van der Waals surface area contributed by atoms with E-state index in [4.69, 9.17) is 19.9 Å². The number of nitrogens with two attached hydrogens (primary N) is 1. The Labute approximate surface area is 164 Å². The molecule has 3 aromatic rings. The molecule has 0 radical (unpaired) electrons. The predicted octanol–water partition coefficient (Wildman–Crippen LogP) is -0.0276. The highest BCUT2D eigenvalue weighted by Gasteiger charge is 2.36. The number of hydrogen-bond donors (Lipinski definition) is 3. The number of nitrogen functional groups attached to an aromatic ring is 1. The largest absolute Gasteiger partial charge is 0.482 e. The number of anilines is 1. The molecule has 2 aromatic heterocycles. The van der Waals surface area contributed by atoms with Gasteiger partial charge in [-0.1, -0.05) is 18.2 Å². The van der Waals surface area contributed by atoms with E-state index in [1.807, 2.05) is 6.07 Å². The molecule has 0 unspecified atom stereocenters. The van der Waals surface area contributed by atoms with E-state index in [0.717, 1.165) is 0 Å². The van der Waals surface area contributed by atoms with Gasteiger partial charge in [0.05, 0.1) is 12.4 Å². The maximum atomic E-state index is 11.9. The summed E-state index contributed by atoms with van der Waals surface area (Å²) in [5.41, 5.74) is 5.49. The zero-order valence-electron chi connectivity index (χ0n) is 15.2. The van der Waals surface area contributed by atoms with E-state index in [-0.39, 0.29) is 36.7 Å². The number of aliphatic hydroxyl groups is 1. The first-order valence-electron chi connectivity index (χ1n) is 8.90. The van der Waals surface area contributed by atoms with Crippen molar-refractivity contribution in [1.29, 1.82) is 0 Å². The van der Waals surface area contributed by atoms with Crippen LogP contribution in [0.3, 0.4) is 0 Å². The number of fused-ring (bicyclic) bond motifs is 1. The van der Waals surface area contributed by atoms with Gasteiger partial charge < -0.3 is 25.1 Å². The lowest BCUT2D eigenvalue weighted by Crippen LogP contribution is -2.29. The number of aliphatic hydroxyl groups excluding tert-OH is 1. The van der Waals surface area contributed by atoms with Crippen LogP contribution in [0.25, 0.3) is 11.2 Å². The van der Waals surface area contributed by atoms with Crippen molar-refractivity contribution in [2.45, 2.75) is 24.9 Å². The Morgan fingerprint density at radius 1 is 1.38 bits per heavy atom. The van der Waals surface area contributed by atoms with Crippen molar-refractivity contribution in [1.82, 2.24) is 19.5 Å². The Morgan fingerprint density at radius 3 is 2.97 bits per heavy atom. The molecule has 0 amide bonds. The molecule has 0 aliphatic carbocycles. The van der Waals surface area contributed by atoms with E-state index in [2.05, 4.69) is 15.0 Å². The Balaban J connectivity index is 1.35. The van der Waals surface area contributed by atoms with Crippen LogP contribution in [0.5, 0.6) is 5.75 Å². The smallest absolute Gasteiger partial charge is 0.344 e. The van der Waals surface area contributed by atoms with Gasteiger partial charge in [-0.25, -0.2) is 9.78 Å². The highest BCUT2D eigenvalue weighted by Crippen LogP contribution is 2.30. The minimum atomic E-state index is -0.875. The molecule has 4 N–H and O–H groups in total. The quantitative estimate of drug-likeness (QED) is 0.483. The third kappa shape index (κ3) is 4.05. The first kappa shape index (κ1) is 18.9. The van der Waals surface area contributed by atoms with E-state index in [1.54, 1.807) is 24.3 Å². The molecule has 0 saturated carbocycles. The van der Waals surface area contributed by atoms with Gasteiger partial charge in [-0.3, -0.25) is 14.3 Å². The van der Waals surface area contributed by atoms with Crippen molar-refractivity contribution >= 4 is 23.1 Å². The third-order valence-corrected chi connectivity index (χ3v) is 4.47. The zero-order valence-corrected chi connectivity index (χ0v) is 15.2. The zero-order chi connectivity index (χ0) is 20.4. The molecule has 1 aliphatic rings. The number of carbonyl (C=O) groups excluding carboxylic acids is 1. The van der Waals surface area contributed by atoms with Gasteiger partial charge in [0.15, 0.2) is 17.8 Å². The van der Waals surface area contributed by atoms with Gasteiger partial charge in [0.2, 0.25) is 5.95 Å². The molecule has 3 heterocycles. The van der Waals surface area contributed by atoms with Crippen LogP contribution in [-0.4, -0.2) is 56.0 Å². The summed E-state index contributed by atoms with van der Waals surface area (Å²) >= 11 is 0. The summed E-state index contributed by atoms with van der Waals surface area (Å²) in [5, 5.41) is 10.3.